The number of hydrogen-bond donors (Lipinski definition) is 2. The molecule has 0 bridgehead atoms. The van der Waals surface area contributed by atoms with E-state index in [4.69, 9.17) is 17.3 Å². The molecule has 0 aliphatic rings. The van der Waals surface area contributed by atoms with E-state index in [1.54, 1.807) is 18.2 Å². The van der Waals surface area contributed by atoms with Crippen molar-refractivity contribution in [2.45, 2.75) is 13.3 Å². The van der Waals surface area contributed by atoms with Crippen LogP contribution in [0.1, 0.15) is 13.3 Å². The summed E-state index contributed by atoms with van der Waals surface area (Å²) in [6, 6.07) is 5.30. The van der Waals surface area contributed by atoms with E-state index in [-0.39, 0.29) is 11.8 Å². The van der Waals surface area contributed by atoms with Crippen molar-refractivity contribution in [2.24, 2.45) is 11.7 Å². The molecule has 0 aliphatic carbocycles. The van der Waals surface area contributed by atoms with Crippen LogP contribution in [-0.4, -0.2) is 12.5 Å². The van der Waals surface area contributed by atoms with Crippen LogP contribution in [-0.2, 0) is 4.79 Å². The van der Waals surface area contributed by atoms with Gasteiger partial charge in [-0.15, -0.1) is 0 Å². The lowest BCUT2D eigenvalue weighted by Crippen LogP contribution is -2.22. The maximum absolute atomic E-state index is 11.7. The summed E-state index contributed by atoms with van der Waals surface area (Å²) in [6.07, 6.45) is 0.677. The van der Waals surface area contributed by atoms with Crippen LogP contribution in [0.3, 0.4) is 0 Å². The molecule has 88 valence electrons. The van der Waals surface area contributed by atoms with Crippen molar-refractivity contribution in [2.75, 3.05) is 11.9 Å². The van der Waals surface area contributed by atoms with Crippen molar-refractivity contribution >= 4 is 39.1 Å². The van der Waals surface area contributed by atoms with Crippen molar-refractivity contribution in [1.82, 2.24) is 0 Å². The lowest BCUT2D eigenvalue weighted by Gasteiger charge is -2.11. The molecule has 3 nitrogen and oxygen atoms in total. The highest BCUT2D eigenvalue weighted by Gasteiger charge is 2.12. The summed E-state index contributed by atoms with van der Waals surface area (Å²) in [5.41, 5.74) is 6.09. The van der Waals surface area contributed by atoms with E-state index >= 15 is 0 Å². The second-order valence-electron chi connectivity index (χ2n) is 3.60. The maximum atomic E-state index is 11.7. The van der Waals surface area contributed by atoms with Crippen LogP contribution in [0.15, 0.2) is 22.7 Å². The molecule has 0 aromatic heterocycles. The maximum Gasteiger partial charge on any atom is 0.227 e. The van der Waals surface area contributed by atoms with Crippen LogP contribution in [0.4, 0.5) is 5.69 Å². The van der Waals surface area contributed by atoms with Crippen LogP contribution in [0.25, 0.3) is 0 Å². The number of rotatable bonds is 4. The van der Waals surface area contributed by atoms with Gasteiger partial charge in [-0.3, -0.25) is 4.79 Å². The first-order valence-corrected chi connectivity index (χ1v) is 6.17. The van der Waals surface area contributed by atoms with Gasteiger partial charge in [-0.05, 0) is 47.1 Å². The molecule has 0 saturated carbocycles. The zero-order valence-corrected chi connectivity index (χ0v) is 11.3. The monoisotopic (exact) mass is 304 g/mol. The quantitative estimate of drug-likeness (QED) is 0.898. The van der Waals surface area contributed by atoms with Crippen molar-refractivity contribution in [3.05, 3.63) is 27.7 Å². The zero-order chi connectivity index (χ0) is 12.1. The van der Waals surface area contributed by atoms with Crippen LogP contribution in [0.5, 0.6) is 0 Å². The Hall–Kier alpha value is -0.580. The second-order valence-corrected chi connectivity index (χ2v) is 4.86. The number of hydrogen-bond acceptors (Lipinski definition) is 2. The standard InChI is InChI=1S/C11H14BrClN2O/c1-7(4-5-14)11(16)15-8-2-3-9(12)10(13)6-8/h2-3,6-7H,4-5,14H2,1H3,(H,15,16). The molecule has 1 unspecified atom stereocenters. The summed E-state index contributed by atoms with van der Waals surface area (Å²) < 4.78 is 0.808. The van der Waals surface area contributed by atoms with Crippen molar-refractivity contribution in [1.29, 1.82) is 0 Å². The predicted octanol–water partition coefficient (Wildman–Crippen LogP) is 3.03. The van der Waals surface area contributed by atoms with Crippen molar-refractivity contribution < 1.29 is 4.79 Å². The van der Waals surface area contributed by atoms with Gasteiger partial charge in [0.1, 0.15) is 0 Å². The third-order valence-corrected chi connectivity index (χ3v) is 3.47. The minimum Gasteiger partial charge on any atom is -0.330 e. The molecule has 1 amide bonds. The van der Waals surface area contributed by atoms with Gasteiger partial charge in [0.05, 0.1) is 5.02 Å². The lowest BCUT2D eigenvalue weighted by atomic mass is 10.1. The van der Waals surface area contributed by atoms with Crippen LogP contribution >= 0.6 is 27.5 Å². The molecule has 0 fully saturated rings. The Kier molecular flexibility index (Phi) is 5.25. The first-order chi connectivity index (χ1) is 7.54. The molecule has 5 heteroatoms. The molecule has 0 radical (unpaired) electrons. The highest BCUT2D eigenvalue weighted by Crippen LogP contribution is 2.25. The molecule has 3 N–H and O–H groups in total. The highest BCUT2D eigenvalue weighted by atomic mass is 79.9. The van der Waals surface area contributed by atoms with Gasteiger partial charge in [0.25, 0.3) is 0 Å². The van der Waals surface area contributed by atoms with E-state index in [2.05, 4.69) is 21.2 Å². The zero-order valence-electron chi connectivity index (χ0n) is 8.97. The summed E-state index contributed by atoms with van der Waals surface area (Å²) >= 11 is 9.21. The third-order valence-electron chi connectivity index (χ3n) is 2.23. The fourth-order valence-electron chi connectivity index (χ4n) is 1.22. The summed E-state index contributed by atoms with van der Waals surface area (Å²) in [7, 11) is 0. The Labute approximate surface area is 108 Å². The summed E-state index contributed by atoms with van der Waals surface area (Å²) in [6.45, 7) is 2.36. The summed E-state index contributed by atoms with van der Waals surface area (Å²) in [5, 5.41) is 3.37. The summed E-state index contributed by atoms with van der Waals surface area (Å²) in [4.78, 5) is 11.7. The van der Waals surface area contributed by atoms with Gasteiger partial charge in [-0.2, -0.15) is 0 Å². The van der Waals surface area contributed by atoms with Gasteiger partial charge in [0.15, 0.2) is 0 Å². The molecular weight excluding hydrogens is 291 g/mol. The average Bonchev–Trinajstić information content (AvgIpc) is 2.24. The molecule has 0 aliphatic heterocycles. The lowest BCUT2D eigenvalue weighted by molar-refractivity contribution is -0.119. The van der Waals surface area contributed by atoms with E-state index in [1.807, 2.05) is 6.92 Å². The minimum atomic E-state index is -0.0903. The Morgan fingerprint density at radius 1 is 1.62 bits per heavy atom. The second kappa shape index (κ2) is 6.23. The fraction of sp³-hybridized carbons (Fsp3) is 0.364. The average molecular weight is 306 g/mol. The number of amides is 1. The predicted molar refractivity (Wildman–Crippen MR) is 70.6 cm³/mol. The highest BCUT2D eigenvalue weighted by molar-refractivity contribution is 9.10. The normalized spacial score (nSPS) is 12.2. The Morgan fingerprint density at radius 3 is 2.88 bits per heavy atom. The molecule has 16 heavy (non-hydrogen) atoms. The van der Waals surface area contributed by atoms with Crippen LogP contribution in [0, 0.1) is 5.92 Å². The van der Waals surface area contributed by atoms with Gasteiger partial charge in [-0.1, -0.05) is 18.5 Å². The molecule has 1 rings (SSSR count). The molecule has 1 aromatic rings. The van der Waals surface area contributed by atoms with Gasteiger partial charge >= 0.3 is 0 Å². The number of nitrogens with two attached hydrogens (primary N) is 1. The van der Waals surface area contributed by atoms with Crippen LogP contribution in [0.2, 0.25) is 5.02 Å². The van der Waals surface area contributed by atoms with Crippen molar-refractivity contribution in [3.8, 4) is 0 Å². The molecule has 1 aromatic carbocycles. The number of nitrogens with one attached hydrogen (secondary N) is 1. The van der Waals surface area contributed by atoms with Gasteiger partial charge in [0.2, 0.25) is 5.91 Å². The molecule has 0 heterocycles. The molecule has 0 saturated heterocycles. The Morgan fingerprint density at radius 2 is 2.31 bits per heavy atom. The van der Waals surface area contributed by atoms with Crippen molar-refractivity contribution in [3.63, 3.8) is 0 Å². The van der Waals surface area contributed by atoms with E-state index in [0.29, 0.717) is 23.7 Å². The van der Waals surface area contributed by atoms with E-state index in [0.717, 1.165) is 4.47 Å². The number of carbonyl (C=O) groups excluding carboxylic acids is 1. The Bertz CT molecular complexity index is 384. The third kappa shape index (κ3) is 3.77. The number of halogens is 2. The number of carbonyl (C=O) groups is 1. The Balaban J connectivity index is 2.66. The number of anilines is 1. The van der Waals surface area contributed by atoms with E-state index in [9.17, 15) is 4.79 Å². The van der Waals surface area contributed by atoms with Gasteiger partial charge in [-0.25, -0.2) is 0 Å². The number of benzene rings is 1. The largest absolute Gasteiger partial charge is 0.330 e. The summed E-state index contributed by atoms with van der Waals surface area (Å²) in [5.74, 6) is -0.128. The SMILES string of the molecule is CC(CCN)C(=O)Nc1ccc(Br)c(Cl)c1. The smallest absolute Gasteiger partial charge is 0.227 e. The topological polar surface area (TPSA) is 55.1 Å². The minimum absolute atomic E-state index is 0.0381. The van der Waals surface area contributed by atoms with Crippen LogP contribution < -0.4 is 11.1 Å². The van der Waals surface area contributed by atoms with Gasteiger partial charge < -0.3 is 11.1 Å². The first kappa shape index (κ1) is 13.5. The van der Waals surface area contributed by atoms with E-state index in [1.165, 1.54) is 0 Å². The molecule has 0 spiro atoms. The van der Waals surface area contributed by atoms with E-state index < -0.39 is 0 Å². The van der Waals surface area contributed by atoms with Gasteiger partial charge in [0, 0.05) is 16.1 Å². The first-order valence-electron chi connectivity index (χ1n) is 5.00. The molecular formula is C11H14BrClN2O. The molecule has 1 atom stereocenters. The fourth-order valence-corrected chi connectivity index (χ4v) is 1.65.